The minimum Gasteiger partial charge on any atom is -0.396 e. The highest BCUT2D eigenvalue weighted by molar-refractivity contribution is 6.42. The van der Waals surface area contributed by atoms with Crippen LogP contribution in [-0.4, -0.2) is 41.5 Å². The molecule has 1 aliphatic heterocycles. The van der Waals surface area contributed by atoms with E-state index in [0.717, 1.165) is 12.8 Å². The van der Waals surface area contributed by atoms with Crippen LogP contribution < -0.4 is 5.32 Å². The Balaban J connectivity index is 2.02. The average molecular weight is 331 g/mol. The molecule has 1 aromatic carbocycles. The van der Waals surface area contributed by atoms with Crippen LogP contribution in [-0.2, 0) is 9.59 Å². The van der Waals surface area contributed by atoms with E-state index in [1.807, 2.05) is 0 Å². The number of likely N-dealkylation sites (tertiary alicyclic amines) is 1. The predicted molar refractivity (Wildman–Crippen MR) is 81.5 cm³/mol. The fraction of sp³-hybridized carbons (Fsp3) is 0.429. The fourth-order valence-corrected chi connectivity index (χ4v) is 2.65. The monoisotopic (exact) mass is 330 g/mol. The van der Waals surface area contributed by atoms with E-state index in [-0.39, 0.29) is 12.5 Å². The van der Waals surface area contributed by atoms with Gasteiger partial charge in [-0.05, 0) is 37.0 Å². The lowest BCUT2D eigenvalue weighted by molar-refractivity contribution is -0.144. The smallest absolute Gasteiger partial charge is 0.313 e. The number of aliphatic hydroxyl groups is 1. The molecule has 7 heteroatoms. The maximum absolute atomic E-state index is 12.1. The number of carbonyl (C=O) groups is 2. The van der Waals surface area contributed by atoms with Gasteiger partial charge in [0.1, 0.15) is 0 Å². The summed E-state index contributed by atoms with van der Waals surface area (Å²) in [5.74, 6) is -1.34. The van der Waals surface area contributed by atoms with Gasteiger partial charge in [0.05, 0.1) is 10.7 Å². The van der Waals surface area contributed by atoms with Gasteiger partial charge < -0.3 is 15.3 Å². The normalized spacial score (nSPS) is 18.4. The first-order valence-electron chi connectivity index (χ1n) is 6.67. The van der Waals surface area contributed by atoms with Crippen LogP contribution in [0.2, 0.25) is 10.0 Å². The molecule has 1 unspecified atom stereocenters. The Morgan fingerprint density at radius 3 is 2.86 bits per heavy atom. The van der Waals surface area contributed by atoms with Crippen molar-refractivity contribution in [2.75, 3.05) is 25.0 Å². The van der Waals surface area contributed by atoms with Crippen LogP contribution in [0.15, 0.2) is 18.2 Å². The zero-order chi connectivity index (χ0) is 15.4. The number of anilines is 1. The number of benzene rings is 1. The first-order chi connectivity index (χ1) is 10.0. The van der Waals surface area contributed by atoms with Crippen LogP contribution in [0.5, 0.6) is 0 Å². The molecule has 1 aliphatic rings. The number of hydrogen-bond donors (Lipinski definition) is 2. The maximum Gasteiger partial charge on any atom is 0.313 e. The Morgan fingerprint density at radius 1 is 1.38 bits per heavy atom. The quantitative estimate of drug-likeness (QED) is 0.816. The minimum absolute atomic E-state index is 0.0194. The molecule has 1 aromatic rings. The zero-order valence-electron chi connectivity index (χ0n) is 11.3. The number of hydrogen-bond acceptors (Lipinski definition) is 3. The molecule has 0 radical (unpaired) electrons. The molecule has 1 saturated heterocycles. The number of nitrogens with one attached hydrogen (secondary N) is 1. The topological polar surface area (TPSA) is 69.6 Å². The van der Waals surface area contributed by atoms with Crippen molar-refractivity contribution in [2.24, 2.45) is 5.92 Å². The van der Waals surface area contributed by atoms with Gasteiger partial charge in [0.15, 0.2) is 0 Å². The van der Waals surface area contributed by atoms with Crippen LogP contribution >= 0.6 is 23.2 Å². The summed E-state index contributed by atoms with van der Waals surface area (Å²) >= 11 is 11.8. The molecule has 5 nitrogen and oxygen atoms in total. The van der Waals surface area contributed by atoms with E-state index >= 15 is 0 Å². The third-order valence-electron chi connectivity index (χ3n) is 3.44. The first kappa shape index (κ1) is 16.1. The van der Waals surface area contributed by atoms with Gasteiger partial charge in [-0.3, -0.25) is 9.59 Å². The Labute approximate surface area is 132 Å². The number of rotatable bonds is 2. The third-order valence-corrected chi connectivity index (χ3v) is 4.00. The van der Waals surface area contributed by atoms with Crippen molar-refractivity contribution in [3.8, 4) is 0 Å². The second kappa shape index (κ2) is 7.11. The number of piperidine rings is 1. The van der Waals surface area contributed by atoms with Gasteiger partial charge in [0, 0.05) is 24.7 Å². The van der Waals surface area contributed by atoms with Crippen LogP contribution in [0, 0.1) is 5.92 Å². The summed E-state index contributed by atoms with van der Waals surface area (Å²) in [5, 5.41) is 12.4. The molecule has 0 aromatic heterocycles. The Bertz CT molecular complexity index is 551. The highest BCUT2D eigenvalue weighted by Gasteiger charge is 2.27. The molecule has 1 heterocycles. The first-order valence-corrected chi connectivity index (χ1v) is 7.43. The van der Waals surface area contributed by atoms with E-state index in [2.05, 4.69) is 5.32 Å². The van der Waals surface area contributed by atoms with Crippen molar-refractivity contribution in [3.63, 3.8) is 0 Å². The van der Waals surface area contributed by atoms with Crippen molar-refractivity contribution in [2.45, 2.75) is 12.8 Å². The number of carbonyl (C=O) groups excluding carboxylic acids is 2. The van der Waals surface area contributed by atoms with E-state index in [0.29, 0.717) is 28.8 Å². The Kier molecular flexibility index (Phi) is 5.45. The standard InChI is InChI=1S/C14H16Cl2N2O3/c15-10-3-4-11(16)12(6-10)17-13(20)14(21)18-5-1-2-9(7-18)8-19/h3-4,6,9,19H,1-2,5,7-8H2,(H,17,20). The molecule has 1 fully saturated rings. The second-order valence-electron chi connectivity index (χ2n) is 5.02. The van der Waals surface area contributed by atoms with Gasteiger partial charge in [-0.2, -0.15) is 0 Å². The molecular weight excluding hydrogens is 315 g/mol. The summed E-state index contributed by atoms with van der Waals surface area (Å²) in [6.45, 7) is 0.934. The predicted octanol–water partition coefficient (Wildman–Crippen LogP) is 2.16. The Morgan fingerprint density at radius 2 is 2.14 bits per heavy atom. The van der Waals surface area contributed by atoms with Crippen LogP contribution in [0.3, 0.4) is 0 Å². The van der Waals surface area contributed by atoms with Crippen LogP contribution in [0.25, 0.3) is 0 Å². The van der Waals surface area contributed by atoms with E-state index in [1.54, 1.807) is 12.1 Å². The molecule has 0 spiro atoms. The molecule has 2 N–H and O–H groups in total. The van der Waals surface area contributed by atoms with Gasteiger partial charge in [0.25, 0.3) is 0 Å². The van der Waals surface area contributed by atoms with Gasteiger partial charge in [0.2, 0.25) is 0 Å². The molecule has 2 amide bonds. The van der Waals surface area contributed by atoms with Gasteiger partial charge in [-0.15, -0.1) is 0 Å². The highest BCUT2D eigenvalue weighted by Crippen LogP contribution is 2.25. The molecule has 0 saturated carbocycles. The number of amides is 2. The summed E-state index contributed by atoms with van der Waals surface area (Å²) in [5.41, 5.74) is 0.304. The second-order valence-corrected chi connectivity index (χ2v) is 5.86. The van der Waals surface area contributed by atoms with Crippen molar-refractivity contribution in [1.82, 2.24) is 4.90 Å². The van der Waals surface area contributed by atoms with E-state index in [1.165, 1.54) is 11.0 Å². The number of nitrogens with zero attached hydrogens (tertiary/aromatic N) is 1. The molecular formula is C14H16Cl2N2O3. The lowest BCUT2D eigenvalue weighted by Gasteiger charge is -2.31. The molecule has 0 bridgehead atoms. The number of halogens is 2. The summed E-state index contributed by atoms with van der Waals surface area (Å²) < 4.78 is 0. The van der Waals surface area contributed by atoms with E-state index in [9.17, 15) is 9.59 Å². The zero-order valence-corrected chi connectivity index (χ0v) is 12.8. The largest absolute Gasteiger partial charge is 0.396 e. The van der Waals surface area contributed by atoms with Crippen LogP contribution in [0.1, 0.15) is 12.8 Å². The molecule has 114 valence electrons. The van der Waals surface area contributed by atoms with Crippen molar-refractivity contribution in [1.29, 1.82) is 0 Å². The highest BCUT2D eigenvalue weighted by atomic mass is 35.5. The molecule has 21 heavy (non-hydrogen) atoms. The summed E-state index contributed by atoms with van der Waals surface area (Å²) in [7, 11) is 0. The molecule has 0 aliphatic carbocycles. The summed E-state index contributed by atoms with van der Waals surface area (Å²) in [4.78, 5) is 25.6. The third kappa shape index (κ3) is 4.09. The van der Waals surface area contributed by atoms with E-state index < -0.39 is 11.8 Å². The lowest BCUT2D eigenvalue weighted by atomic mass is 9.99. The van der Waals surface area contributed by atoms with Gasteiger partial charge >= 0.3 is 11.8 Å². The van der Waals surface area contributed by atoms with Crippen molar-refractivity contribution in [3.05, 3.63) is 28.2 Å². The summed E-state index contributed by atoms with van der Waals surface area (Å²) in [6, 6.07) is 4.63. The summed E-state index contributed by atoms with van der Waals surface area (Å²) in [6.07, 6.45) is 1.64. The fourth-order valence-electron chi connectivity index (χ4n) is 2.31. The van der Waals surface area contributed by atoms with Crippen molar-refractivity contribution >= 4 is 40.7 Å². The van der Waals surface area contributed by atoms with Gasteiger partial charge in [-0.1, -0.05) is 23.2 Å². The van der Waals surface area contributed by atoms with Gasteiger partial charge in [-0.25, -0.2) is 0 Å². The lowest BCUT2D eigenvalue weighted by Crippen LogP contribution is -2.45. The van der Waals surface area contributed by atoms with Crippen molar-refractivity contribution < 1.29 is 14.7 Å². The SMILES string of the molecule is O=C(Nc1cc(Cl)ccc1Cl)C(=O)N1CCCC(CO)C1. The maximum atomic E-state index is 12.1. The number of aliphatic hydroxyl groups excluding tert-OH is 1. The Hall–Kier alpha value is -1.30. The van der Waals surface area contributed by atoms with E-state index in [4.69, 9.17) is 28.3 Å². The molecule has 1 atom stereocenters. The average Bonchev–Trinajstić information content (AvgIpc) is 2.50. The van der Waals surface area contributed by atoms with Crippen LogP contribution in [0.4, 0.5) is 5.69 Å². The minimum atomic E-state index is -0.752. The molecule has 2 rings (SSSR count).